The number of epoxide rings is 2. The first-order valence-electron chi connectivity index (χ1n) is 54.4. The lowest BCUT2D eigenvalue weighted by molar-refractivity contribution is -0.151. The van der Waals surface area contributed by atoms with Crippen LogP contribution in [0.5, 0.6) is 0 Å². The molecule has 19 rings (SSSR count). The van der Waals surface area contributed by atoms with Crippen molar-refractivity contribution in [3.05, 3.63) is 70.8 Å². The van der Waals surface area contributed by atoms with Crippen molar-refractivity contribution in [3.8, 4) is 0 Å². The molecule has 2 heterocycles. The van der Waals surface area contributed by atoms with E-state index in [1.807, 2.05) is 0 Å². The second-order valence-electron chi connectivity index (χ2n) is 46.6. The molecule has 15 saturated carbocycles. The summed E-state index contributed by atoms with van der Waals surface area (Å²) in [6.07, 6.45) is 55.9. The predicted molar refractivity (Wildman–Crippen MR) is 493 cm³/mol. The van der Waals surface area contributed by atoms with Gasteiger partial charge >= 0.3 is 47.8 Å². The summed E-state index contributed by atoms with van der Waals surface area (Å²) in [5, 5.41) is 0. The largest absolute Gasteiger partial charge is 0.465 e. The second kappa shape index (κ2) is 43.2. The van der Waals surface area contributed by atoms with Gasteiger partial charge in [-0.2, -0.15) is 0 Å². The van der Waals surface area contributed by atoms with Crippen molar-refractivity contribution in [1.29, 1.82) is 0 Å². The van der Waals surface area contributed by atoms with E-state index in [4.69, 9.17) is 47.4 Å². The van der Waals surface area contributed by atoms with Crippen LogP contribution in [0.25, 0.3) is 0 Å². The Morgan fingerprint density at radius 2 is 0.569 bits per heavy atom. The Morgan fingerprint density at radius 3 is 0.923 bits per heavy atom. The molecule has 18 nitrogen and oxygen atoms in total. The fourth-order valence-corrected chi connectivity index (χ4v) is 32.9. The van der Waals surface area contributed by atoms with E-state index in [1.165, 1.54) is 154 Å². The molecule has 2 aromatic rings. The van der Waals surface area contributed by atoms with Gasteiger partial charge in [-0.25, -0.2) is 19.2 Å². The molecule has 17 fully saturated rings. The van der Waals surface area contributed by atoms with Crippen molar-refractivity contribution < 1.29 is 85.7 Å². The molecule has 8 bridgehead atoms. The third-order valence-electron chi connectivity index (χ3n) is 39.1. The number of rotatable bonds is 48. The first-order chi connectivity index (χ1) is 63.6. The number of benzene rings is 2. The maximum absolute atomic E-state index is 13.6. The second-order valence-corrected chi connectivity index (χ2v) is 46.6. The van der Waals surface area contributed by atoms with Crippen molar-refractivity contribution in [2.45, 2.75) is 346 Å². The number of unbranched alkanes of at least 4 members (excludes halogenated alkanes) is 14. The molecule has 0 radical (unpaired) electrons. The molecule has 0 aromatic heterocycles. The van der Waals surface area contributed by atoms with Crippen molar-refractivity contribution in [2.75, 3.05) is 52.9 Å². The molecular formula is C112H160O18. The van der Waals surface area contributed by atoms with Crippen molar-refractivity contribution in [3.63, 3.8) is 0 Å². The number of carbonyl (C=O) groups is 8. The highest BCUT2D eigenvalue weighted by Crippen LogP contribution is 2.67. The normalized spacial score (nSPS) is 38.8. The Balaban J connectivity index is 0.364. The zero-order valence-electron chi connectivity index (χ0n) is 79.2. The lowest BCUT2D eigenvalue weighted by atomic mass is 9.61. The van der Waals surface area contributed by atoms with Crippen LogP contribution in [0.3, 0.4) is 0 Å². The molecule has 26 unspecified atom stereocenters. The quantitative estimate of drug-likeness (QED) is 0.0259. The summed E-state index contributed by atoms with van der Waals surface area (Å²) >= 11 is 0. The summed E-state index contributed by atoms with van der Waals surface area (Å²) in [4.78, 5) is 107. The van der Waals surface area contributed by atoms with Crippen LogP contribution in [-0.2, 0) is 66.5 Å². The Labute approximate surface area is 776 Å². The molecule has 2 aliphatic heterocycles. The van der Waals surface area contributed by atoms with Crippen LogP contribution in [0.15, 0.2) is 48.5 Å². The lowest BCUT2D eigenvalue weighted by Gasteiger charge is -2.44. The van der Waals surface area contributed by atoms with Gasteiger partial charge in [0, 0.05) is 12.8 Å². The summed E-state index contributed by atoms with van der Waals surface area (Å²) in [5.74, 6) is 14.2. The van der Waals surface area contributed by atoms with Gasteiger partial charge in [0.2, 0.25) is 0 Å². The van der Waals surface area contributed by atoms with Crippen LogP contribution in [-0.4, -0.2) is 125 Å². The first-order valence-corrected chi connectivity index (χ1v) is 54.4. The molecular weight excluding hydrogens is 1630 g/mol. The third-order valence-corrected chi connectivity index (χ3v) is 39.1. The average molecular weight is 1790 g/mol. The Bertz CT molecular complexity index is 4170. The van der Waals surface area contributed by atoms with E-state index in [0.29, 0.717) is 242 Å². The molecule has 0 amide bonds. The Morgan fingerprint density at radius 1 is 0.269 bits per heavy atom. The van der Waals surface area contributed by atoms with E-state index in [1.54, 1.807) is 48.5 Å². The lowest BCUT2D eigenvalue weighted by Crippen LogP contribution is -2.35. The fraction of sp³-hybridized carbons (Fsp3) is 0.821. The molecule has 15 aliphatic carbocycles. The van der Waals surface area contributed by atoms with Gasteiger partial charge in [-0.15, -0.1) is 0 Å². The minimum Gasteiger partial charge on any atom is -0.465 e. The molecule has 0 N–H and O–H groups in total. The van der Waals surface area contributed by atoms with Gasteiger partial charge in [-0.1, -0.05) is 142 Å². The van der Waals surface area contributed by atoms with Crippen LogP contribution in [0, 0.1) is 178 Å². The number of hydrogen-bond donors (Lipinski definition) is 0. The Kier molecular flexibility index (Phi) is 31.0. The third kappa shape index (κ3) is 22.0. The average Bonchev–Trinajstić information content (AvgIpc) is 1.60. The molecule has 130 heavy (non-hydrogen) atoms. The van der Waals surface area contributed by atoms with Gasteiger partial charge < -0.3 is 47.4 Å². The molecule has 18 heteroatoms. The number of ether oxygens (including phenoxy) is 10. The first kappa shape index (κ1) is 93.2. The van der Waals surface area contributed by atoms with Crippen LogP contribution >= 0.6 is 0 Å². The van der Waals surface area contributed by atoms with E-state index in [9.17, 15) is 38.4 Å². The fourth-order valence-electron chi connectivity index (χ4n) is 32.9. The maximum Gasteiger partial charge on any atom is 0.338 e. The van der Waals surface area contributed by atoms with Gasteiger partial charge in [0.1, 0.15) is 0 Å². The molecule has 0 spiro atoms. The zero-order valence-corrected chi connectivity index (χ0v) is 79.2. The minimum atomic E-state index is -0.393. The summed E-state index contributed by atoms with van der Waals surface area (Å²) < 4.78 is 59.5. The van der Waals surface area contributed by atoms with Gasteiger partial charge in [0.25, 0.3) is 0 Å². The molecule has 2 aromatic carbocycles. The molecule has 34 atom stereocenters. The SMILES string of the molecule is CCCCCCCCC1CCC(CCCCCC)C(CCCCCCC(=O)OCC2CC3CC2[C@@H]2CC(COC(=O)c4cccc(C(=O)OCC5CC6CC5[C@H]5CC(COC(=O)C7CCC8OC8C7)C[C@@H]65)c4)C[C@H]32)C1CCCCCCC(=O)OCC1CC2CC1[C@@H]1CC(COC(=O)c3cccc(C(=O)OCC4CC5CC4[C@H]4CC(COC(=O)C6CCC7OC7C6)C[C@@H]54)c3)C[C@H]21. The maximum atomic E-state index is 13.6. The van der Waals surface area contributed by atoms with Crippen LogP contribution in [0.4, 0.5) is 0 Å². The van der Waals surface area contributed by atoms with Crippen LogP contribution in [0.1, 0.15) is 363 Å². The summed E-state index contributed by atoms with van der Waals surface area (Å²) in [7, 11) is 0. The van der Waals surface area contributed by atoms with Crippen molar-refractivity contribution in [1.82, 2.24) is 0 Å². The van der Waals surface area contributed by atoms with Gasteiger partial charge in [-0.05, 0) is 382 Å². The zero-order chi connectivity index (χ0) is 88.9. The topological polar surface area (TPSA) is 235 Å². The van der Waals surface area contributed by atoms with Crippen LogP contribution < -0.4 is 0 Å². The van der Waals surface area contributed by atoms with E-state index >= 15 is 0 Å². The predicted octanol–water partition coefficient (Wildman–Crippen LogP) is 23.2. The van der Waals surface area contributed by atoms with E-state index in [-0.39, 0.29) is 59.9 Å². The number of carbonyl (C=O) groups excluding carboxylic acids is 8. The Hall–Kier alpha value is -5.88. The summed E-state index contributed by atoms with van der Waals surface area (Å²) in [6.45, 7) is 8.32. The van der Waals surface area contributed by atoms with E-state index in [0.717, 1.165) is 165 Å². The van der Waals surface area contributed by atoms with E-state index in [2.05, 4.69) is 13.8 Å². The molecule has 716 valence electrons. The highest BCUT2D eigenvalue weighted by atomic mass is 16.6. The monoisotopic (exact) mass is 1790 g/mol. The summed E-state index contributed by atoms with van der Waals surface area (Å²) in [5.41, 5.74) is 1.52. The number of fused-ring (bicyclic) bond motifs is 22. The number of hydrogen-bond acceptors (Lipinski definition) is 18. The van der Waals surface area contributed by atoms with Crippen molar-refractivity contribution in [2.24, 2.45) is 178 Å². The van der Waals surface area contributed by atoms with Crippen molar-refractivity contribution >= 4 is 47.8 Å². The van der Waals surface area contributed by atoms with Gasteiger partial charge in [0.05, 0.1) is 111 Å². The summed E-state index contributed by atoms with van der Waals surface area (Å²) in [6, 6.07) is 13.7. The highest BCUT2D eigenvalue weighted by Gasteiger charge is 2.61. The smallest absolute Gasteiger partial charge is 0.338 e. The van der Waals surface area contributed by atoms with Gasteiger partial charge in [0.15, 0.2) is 0 Å². The highest BCUT2D eigenvalue weighted by molar-refractivity contribution is 5.96. The number of esters is 8. The van der Waals surface area contributed by atoms with Gasteiger partial charge in [-0.3, -0.25) is 19.2 Å². The molecule has 2 saturated heterocycles. The van der Waals surface area contributed by atoms with Crippen LogP contribution in [0.2, 0.25) is 0 Å². The van der Waals surface area contributed by atoms with E-state index < -0.39 is 11.9 Å². The molecule has 17 aliphatic rings. The standard InChI is InChI=1S/C112H160O18/c1-3-5-7-9-10-16-24-72-34-33-71(23-15-8-6-4-2)87(29-17-11-13-19-31-105(113)121-63-83-49-79-53-93(83)97-43-67(39-89(79)97)59-123-107(115)73-25-21-27-75(47-73)109(117)127-65-85-51-81-55-95(85)99-45-69(41-91(81)99)61-125-111(119)77-35-37-101-103(57-77)129-101)88(72)30-18-12-14-20-32-106(114)122-64-84-50-80-54-94(84)98-44-68(40-90(80)98)60-124-108(116)74-26-22-28-76(48-74)110(118)128-66-86-52-82-56-96(86)100-46-70(42-92(82)100)62-126-112(120)78-36-38-102-104(58-78)130-102/h21-22,25-28,47-48,67-72,77-104H,3-20,23-24,29-46,49-66H2,1-2H3/t67?,68?,69?,70?,71?,72?,77?,78?,79?,80?,81?,82?,83?,84?,85?,86?,87?,88?,89-,90-,91+,92+,93?,94?,95?,96?,97-,98-,99+,100+,101?,102?,103?,104?/m1/s1. The minimum absolute atomic E-state index is 0.0141.